The van der Waals surface area contributed by atoms with Gasteiger partial charge >= 0.3 is 0 Å². The van der Waals surface area contributed by atoms with Crippen LogP contribution in [0.15, 0.2) is 48.8 Å². The first-order valence-electron chi connectivity index (χ1n) is 9.98. The number of nitrogens with one attached hydrogen (secondary N) is 2. The van der Waals surface area contributed by atoms with Gasteiger partial charge in [0.25, 0.3) is 5.91 Å². The molecule has 2 heterocycles. The van der Waals surface area contributed by atoms with Crippen LogP contribution in [0.25, 0.3) is 0 Å². The highest BCUT2D eigenvalue weighted by atomic mass is 32.2. The average Bonchev–Trinajstić information content (AvgIpc) is 3.24. The van der Waals surface area contributed by atoms with E-state index < -0.39 is 16.1 Å². The van der Waals surface area contributed by atoms with Crippen LogP contribution in [0.4, 0.5) is 5.69 Å². The molecule has 1 fully saturated rings. The van der Waals surface area contributed by atoms with Crippen LogP contribution < -0.4 is 10.6 Å². The second-order valence-electron chi connectivity index (χ2n) is 7.19. The number of aromatic nitrogens is 1. The number of hydrogen-bond acceptors (Lipinski definition) is 5. The number of amides is 2. The Morgan fingerprint density at radius 2 is 1.97 bits per heavy atom. The molecule has 2 N–H and O–H groups in total. The highest BCUT2D eigenvalue weighted by Gasteiger charge is 2.37. The first kappa shape index (κ1) is 21.9. The predicted octanol–water partition coefficient (Wildman–Crippen LogP) is 2.15. The van der Waals surface area contributed by atoms with E-state index in [9.17, 15) is 18.0 Å². The summed E-state index contributed by atoms with van der Waals surface area (Å²) in [7, 11) is -3.41. The minimum atomic E-state index is -3.41. The summed E-state index contributed by atoms with van der Waals surface area (Å²) in [6.45, 7) is 2.44. The lowest BCUT2D eigenvalue weighted by Crippen LogP contribution is -2.46. The van der Waals surface area contributed by atoms with Crippen molar-refractivity contribution >= 4 is 27.5 Å². The van der Waals surface area contributed by atoms with E-state index in [2.05, 4.69) is 15.6 Å². The number of anilines is 1. The van der Waals surface area contributed by atoms with E-state index >= 15 is 0 Å². The molecular formula is C21H26N4O4S. The van der Waals surface area contributed by atoms with Gasteiger partial charge in [-0.1, -0.05) is 19.1 Å². The van der Waals surface area contributed by atoms with E-state index in [0.717, 1.165) is 5.56 Å². The van der Waals surface area contributed by atoms with Gasteiger partial charge in [-0.3, -0.25) is 14.6 Å². The molecule has 2 aromatic rings. The van der Waals surface area contributed by atoms with Crippen LogP contribution in [0.3, 0.4) is 0 Å². The summed E-state index contributed by atoms with van der Waals surface area (Å²) in [5.41, 5.74) is 1.91. The summed E-state index contributed by atoms with van der Waals surface area (Å²) < 4.78 is 26.1. The first-order valence-corrected chi connectivity index (χ1v) is 11.6. The van der Waals surface area contributed by atoms with Gasteiger partial charge in [0.2, 0.25) is 15.9 Å². The number of pyridine rings is 1. The molecule has 1 atom stereocenters. The number of rotatable bonds is 8. The zero-order valence-corrected chi connectivity index (χ0v) is 17.7. The molecule has 1 aromatic heterocycles. The molecular weight excluding hydrogens is 404 g/mol. The largest absolute Gasteiger partial charge is 0.351 e. The molecule has 30 heavy (non-hydrogen) atoms. The third kappa shape index (κ3) is 5.43. The summed E-state index contributed by atoms with van der Waals surface area (Å²) in [6.07, 6.45) is 4.82. The fourth-order valence-electron chi connectivity index (χ4n) is 3.48. The number of benzene rings is 1. The lowest BCUT2D eigenvalue weighted by molar-refractivity contribution is -0.124. The Morgan fingerprint density at radius 3 is 2.70 bits per heavy atom. The summed E-state index contributed by atoms with van der Waals surface area (Å²) in [5, 5.41) is 5.65. The zero-order valence-electron chi connectivity index (χ0n) is 16.9. The maximum atomic E-state index is 12.6. The Hall–Kier alpha value is -2.78. The standard InChI is InChI=1S/C21H26N4O4S/c1-2-13-30(28,29)25-12-4-7-19(25)21(27)23-15-16-5-3-6-18(14-16)24-20(26)17-8-10-22-11-9-17/h3,5-6,8-11,14,19H,2,4,7,12-13,15H2,1H3,(H,23,27)(H,24,26). The van der Waals surface area contributed by atoms with Gasteiger partial charge in [-0.2, -0.15) is 4.31 Å². The van der Waals surface area contributed by atoms with E-state index in [0.29, 0.717) is 37.1 Å². The number of hydrogen-bond donors (Lipinski definition) is 2. The highest BCUT2D eigenvalue weighted by molar-refractivity contribution is 7.89. The molecule has 0 bridgehead atoms. The predicted molar refractivity (Wildman–Crippen MR) is 114 cm³/mol. The Kier molecular flexibility index (Phi) is 7.17. The third-order valence-electron chi connectivity index (χ3n) is 4.92. The van der Waals surface area contributed by atoms with E-state index in [-0.39, 0.29) is 24.1 Å². The van der Waals surface area contributed by atoms with Crippen LogP contribution >= 0.6 is 0 Å². The summed E-state index contributed by atoms with van der Waals surface area (Å²) in [5.74, 6) is -0.490. The first-order chi connectivity index (χ1) is 14.4. The van der Waals surface area contributed by atoms with Crippen LogP contribution in [0.1, 0.15) is 42.1 Å². The van der Waals surface area contributed by atoms with Crippen molar-refractivity contribution in [1.82, 2.24) is 14.6 Å². The topological polar surface area (TPSA) is 108 Å². The fourth-order valence-corrected chi connectivity index (χ4v) is 5.23. The normalized spacial score (nSPS) is 16.9. The number of carbonyl (C=O) groups is 2. The minimum absolute atomic E-state index is 0.0516. The Labute approximate surface area is 176 Å². The minimum Gasteiger partial charge on any atom is -0.351 e. The average molecular weight is 431 g/mol. The van der Waals surface area contributed by atoms with Crippen molar-refractivity contribution in [3.05, 3.63) is 59.9 Å². The maximum Gasteiger partial charge on any atom is 0.255 e. The molecule has 0 spiro atoms. The van der Waals surface area contributed by atoms with Gasteiger partial charge in [0.1, 0.15) is 6.04 Å². The van der Waals surface area contributed by atoms with Gasteiger partial charge in [-0.15, -0.1) is 0 Å². The van der Waals surface area contributed by atoms with Crippen LogP contribution in [-0.2, 0) is 21.4 Å². The molecule has 3 rings (SSSR count). The second kappa shape index (κ2) is 9.82. The van der Waals surface area contributed by atoms with Crippen molar-refractivity contribution in [3.63, 3.8) is 0 Å². The van der Waals surface area contributed by atoms with Crippen LogP contribution in [0, 0.1) is 0 Å². The SMILES string of the molecule is CCCS(=O)(=O)N1CCCC1C(=O)NCc1cccc(NC(=O)c2ccncc2)c1. The zero-order chi connectivity index (χ0) is 21.6. The van der Waals surface area contributed by atoms with Gasteiger partial charge < -0.3 is 10.6 Å². The number of sulfonamides is 1. The third-order valence-corrected chi connectivity index (χ3v) is 7.00. The summed E-state index contributed by atoms with van der Waals surface area (Å²) in [6, 6.07) is 9.76. The van der Waals surface area contributed by atoms with Gasteiger partial charge in [0, 0.05) is 36.7 Å². The Bertz CT molecular complexity index is 995. The van der Waals surface area contributed by atoms with E-state index in [1.54, 1.807) is 42.7 Å². The molecule has 1 unspecified atom stereocenters. The van der Waals surface area contributed by atoms with Gasteiger partial charge in [-0.05, 0) is 49.1 Å². The Balaban J connectivity index is 1.60. The molecule has 160 valence electrons. The molecule has 0 radical (unpaired) electrons. The number of carbonyl (C=O) groups excluding carboxylic acids is 2. The van der Waals surface area contributed by atoms with E-state index in [1.165, 1.54) is 4.31 Å². The van der Waals surface area contributed by atoms with Gasteiger partial charge in [0.05, 0.1) is 5.75 Å². The van der Waals surface area contributed by atoms with Crippen molar-refractivity contribution in [3.8, 4) is 0 Å². The summed E-state index contributed by atoms with van der Waals surface area (Å²) >= 11 is 0. The molecule has 0 saturated carbocycles. The molecule has 1 aromatic carbocycles. The van der Waals surface area contributed by atoms with Crippen molar-refractivity contribution < 1.29 is 18.0 Å². The smallest absolute Gasteiger partial charge is 0.255 e. The molecule has 1 aliphatic rings. The van der Waals surface area contributed by atoms with Crippen LogP contribution in [0.2, 0.25) is 0 Å². The highest BCUT2D eigenvalue weighted by Crippen LogP contribution is 2.22. The van der Waals surface area contributed by atoms with Crippen LogP contribution in [-0.4, -0.2) is 47.9 Å². The van der Waals surface area contributed by atoms with E-state index in [1.807, 2.05) is 13.0 Å². The second-order valence-corrected chi connectivity index (χ2v) is 9.23. The Morgan fingerprint density at radius 1 is 1.20 bits per heavy atom. The lowest BCUT2D eigenvalue weighted by atomic mass is 10.1. The van der Waals surface area contributed by atoms with Crippen LogP contribution in [0.5, 0.6) is 0 Å². The van der Waals surface area contributed by atoms with Crippen molar-refractivity contribution in [2.75, 3.05) is 17.6 Å². The van der Waals surface area contributed by atoms with Gasteiger partial charge in [0.15, 0.2) is 0 Å². The maximum absolute atomic E-state index is 12.6. The molecule has 0 aliphatic carbocycles. The molecule has 1 aliphatic heterocycles. The quantitative estimate of drug-likeness (QED) is 0.667. The molecule has 8 nitrogen and oxygen atoms in total. The lowest BCUT2D eigenvalue weighted by Gasteiger charge is -2.23. The summed E-state index contributed by atoms with van der Waals surface area (Å²) in [4.78, 5) is 28.8. The van der Waals surface area contributed by atoms with Crippen molar-refractivity contribution in [2.45, 2.75) is 38.8 Å². The molecule has 2 amide bonds. The van der Waals surface area contributed by atoms with E-state index in [4.69, 9.17) is 0 Å². The fraction of sp³-hybridized carbons (Fsp3) is 0.381. The monoisotopic (exact) mass is 430 g/mol. The molecule has 1 saturated heterocycles. The number of nitrogens with zero attached hydrogens (tertiary/aromatic N) is 2. The van der Waals surface area contributed by atoms with Crippen molar-refractivity contribution in [2.24, 2.45) is 0 Å². The van der Waals surface area contributed by atoms with Gasteiger partial charge in [-0.25, -0.2) is 8.42 Å². The van der Waals surface area contributed by atoms with Crippen molar-refractivity contribution in [1.29, 1.82) is 0 Å². The molecule has 9 heteroatoms.